The fourth-order valence-corrected chi connectivity index (χ4v) is 19.4. The van der Waals surface area contributed by atoms with Crippen LogP contribution in [0.4, 0.5) is 0 Å². The minimum atomic E-state index is 0.563. The highest BCUT2D eigenvalue weighted by atomic mass is 16.3. The van der Waals surface area contributed by atoms with E-state index in [0.717, 1.165) is 149 Å². The van der Waals surface area contributed by atoms with Crippen LogP contribution in [0.2, 0.25) is 0 Å². The van der Waals surface area contributed by atoms with Crippen molar-refractivity contribution in [1.82, 2.24) is 29.9 Å². The molecule has 10 nitrogen and oxygen atoms in total. The van der Waals surface area contributed by atoms with Crippen molar-refractivity contribution < 1.29 is 17.7 Å². The maximum absolute atomic E-state index is 6.55. The summed E-state index contributed by atoms with van der Waals surface area (Å²) in [5, 5.41) is 23.7. The van der Waals surface area contributed by atoms with Crippen LogP contribution in [-0.4, -0.2) is 29.9 Å². The summed E-state index contributed by atoms with van der Waals surface area (Å²) in [5.41, 5.74) is 23.3. The molecule has 21 aromatic carbocycles. The van der Waals surface area contributed by atoms with Crippen molar-refractivity contribution in [1.29, 1.82) is 0 Å². The molecule has 0 unspecified atom stereocenters. The second kappa shape index (κ2) is 30.1. The minimum Gasteiger partial charge on any atom is -0.456 e. The van der Waals surface area contributed by atoms with Gasteiger partial charge in [0.05, 0.1) is 0 Å². The van der Waals surface area contributed by atoms with Crippen molar-refractivity contribution in [2.24, 2.45) is 0 Å². The molecule has 0 radical (unpaired) electrons. The molecule has 10 heteroatoms. The van der Waals surface area contributed by atoms with Gasteiger partial charge in [0.15, 0.2) is 34.9 Å². The van der Waals surface area contributed by atoms with Gasteiger partial charge in [-0.15, -0.1) is 0 Å². The van der Waals surface area contributed by atoms with Crippen LogP contribution in [0.5, 0.6) is 0 Å². The molecule has 0 N–H and O–H groups in total. The van der Waals surface area contributed by atoms with Gasteiger partial charge in [-0.1, -0.05) is 303 Å². The van der Waals surface area contributed by atoms with Gasteiger partial charge in [-0.05, 0) is 242 Å². The van der Waals surface area contributed by atoms with Gasteiger partial charge in [0.2, 0.25) is 0 Å². The van der Waals surface area contributed by atoms with E-state index < -0.39 is 0 Å². The fourth-order valence-electron chi connectivity index (χ4n) is 19.4. The van der Waals surface area contributed by atoms with E-state index in [-0.39, 0.29) is 0 Å². The quantitative estimate of drug-likeness (QED) is 0.115. The summed E-state index contributed by atoms with van der Waals surface area (Å²) in [5.74, 6) is 3.48. The van der Waals surface area contributed by atoms with E-state index in [1.54, 1.807) is 0 Å². The summed E-state index contributed by atoms with van der Waals surface area (Å²) in [6.07, 6.45) is 0. The summed E-state index contributed by atoms with van der Waals surface area (Å²) >= 11 is 0. The molecule has 6 heterocycles. The molecule has 0 aliphatic carbocycles. The van der Waals surface area contributed by atoms with Crippen molar-refractivity contribution in [2.45, 2.75) is 0 Å². The predicted octanol–water partition coefficient (Wildman–Crippen LogP) is 32.6. The lowest BCUT2D eigenvalue weighted by molar-refractivity contribution is 0.668. The molecule has 0 aliphatic rings. The van der Waals surface area contributed by atoms with Crippen LogP contribution in [0, 0.1) is 0 Å². The maximum atomic E-state index is 6.55. The van der Waals surface area contributed by atoms with Gasteiger partial charge in [-0.2, -0.15) is 0 Å². The summed E-state index contributed by atoms with van der Waals surface area (Å²) in [4.78, 5) is 30.1. The highest BCUT2D eigenvalue weighted by molar-refractivity contribution is 6.27. The number of aromatic nitrogens is 6. The van der Waals surface area contributed by atoms with E-state index in [1.165, 1.54) is 92.5 Å². The summed E-state index contributed by atoms with van der Waals surface area (Å²) in [6.45, 7) is 0. The van der Waals surface area contributed by atoms with Gasteiger partial charge >= 0.3 is 0 Å². The van der Waals surface area contributed by atoms with Gasteiger partial charge in [-0.25, -0.2) is 29.9 Å². The average Bonchev–Trinajstić information content (AvgIpc) is 1.20. The van der Waals surface area contributed by atoms with Gasteiger partial charge in [0.25, 0.3) is 0 Å². The van der Waals surface area contributed by atoms with Gasteiger partial charge in [0.1, 0.15) is 44.7 Å². The lowest BCUT2D eigenvalue weighted by atomic mass is 9.91. The zero-order valence-electron chi connectivity index (χ0n) is 69.7. The van der Waals surface area contributed by atoms with Gasteiger partial charge in [-0.3, -0.25) is 0 Å². The molecule has 604 valence electrons. The number of nitrogens with zero attached hydrogens (tertiary/aromatic N) is 6. The lowest BCUT2D eigenvalue weighted by Crippen LogP contribution is -2.00. The van der Waals surface area contributed by atoms with Crippen molar-refractivity contribution in [3.05, 3.63) is 425 Å². The van der Waals surface area contributed by atoms with Crippen molar-refractivity contribution in [2.75, 3.05) is 0 Å². The maximum Gasteiger partial charge on any atom is 0.164 e. The van der Waals surface area contributed by atoms with E-state index in [2.05, 4.69) is 297 Å². The van der Waals surface area contributed by atoms with E-state index in [4.69, 9.17) is 47.6 Å². The Morgan fingerprint density at radius 3 is 0.623 bits per heavy atom. The number of hydrogen-bond acceptors (Lipinski definition) is 10. The smallest absolute Gasteiger partial charge is 0.164 e. The Hall–Kier alpha value is -17.6. The van der Waals surface area contributed by atoms with Crippen LogP contribution in [0.25, 0.3) is 276 Å². The van der Waals surface area contributed by atoms with Crippen LogP contribution in [-0.2, 0) is 0 Å². The highest BCUT2D eigenvalue weighted by Gasteiger charge is 2.23. The number of hydrogen-bond donors (Lipinski definition) is 0. The third-order valence-corrected chi connectivity index (χ3v) is 25.8. The Morgan fingerprint density at radius 2 is 0.285 bits per heavy atom. The number of furan rings is 4. The largest absolute Gasteiger partial charge is 0.456 e. The van der Waals surface area contributed by atoms with Crippen molar-refractivity contribution in [3.8, 4) is 124 Å². The third kappa shape index (κ3) is 12.7. The predicted molar refractivity (Wildman–Crippen MR) is 534 cm³/mol. The molecule has 0 bridgehead atoms. The molecule has 27 rings (SSSR count). The summed E-state index contributed by atoms with van der Waals surface area (Å²) in [7, 11) is 0. The van der Waals surface area contributed by atoms with Crippen LogP contribution in [0.15, 0.2) is 442 Å². The van der Waals surface area contributed by atoms with E-state index in [1.807, 2.05) is 127 Å². The number of benzene rings is 21. The second-order valence-corrected chi connectivity index (χ2v) is 33.5. The number of fused-ring (bicyclic) bond motifs is 24. The Bertz CT molecular complexity index is 9280. The Morgan fingerprint density at radius 1 is 0.100 bits per heavy atom. The molecule has 0 saturated heterocycles. The molecule has 0 fully saturated rings. The van der Waals surface area contributed by atoms with Gasteiger partial charge < -0.3 is 17.7 Å². The molecule has 6 aromatic heterocycles. The van der Waals surface area contributed by atoms with E-state index in [9.17, 15) is 0 Å². The fraction of sp³-hybridized carbons (Fsp3) is 0. The van der Waals surface area contributed by atoms with Crippen LogP contribution < -0.4 is 0 Å². The normalized spacial score (nSPS) is 11.8. The van der Waals surface area contributed by atoms with Crippen molar-refractivity contribution in [3.63, 3.8) is 0 Å². The first-order valence-electron chi connectivity index (χ1n) is 43.7. The Labute approximate surface area is 743 Å². The van der Waals surface area contributed by atoms with Crippen LogP contribution >= 0.6 is 0 Å². The minimum absolute atomic E-state index is 0.563. The topological polar surface area (TPSA) is 130 Å². The SMILES string of the molecule is c1ccc(-c2nc(-c3ccc4c(c3)oc3ccc(-c5cccc(-c6cccc(-c7ccc8c9ccccc9c9ccccc9c8c7)c6)c5)cc34)nc(-c3ccc4oc5ccccc5c4c3)n2)cc1.c1ccc(-c2nc(-c3ccc4c(c3)oc3ccccc34)nc(-c3ccc4c(c3)oc3ccc(-c5cccc(-c6ccc7c8ccccc8c8ccccc8c7c6)c5)cc34)n2)cc1. The molecule has 0 saturated carbocycles. The molecule has 27 aromatic rings. The zero-order chi connectivity index (χ0) is 85.4. The monoisotopic (exact) mass is 1660 g/mol. The van der Waals surface area contributed by atoms with Crippen molar-refractivity contribution >= 4 is 152 Å². The first-order chi connectivity index (χ1) is 64.3. The van der Waals surface area contributed by atoms with E-state index >= 15 is 0 Å². The molecule has 130 heavy (non-hydrogen) atoms. The first kappa shape index (κ1) is 73.9. The summed E-state index contributed by atoms with van der Waals surface area (Å²) < 4.78 is 25.5. The molecule has 0 spiro atoms. The lowest BCUT2D eigenvalue weighted by Gasteiger charge is -2.13. The summed E-state index contributed by atoms with van der Waals surface area (Å²) in [6, 6.07) is 149. The molecular formula is C120H70N6O4. The van der Waals surface area contributed by atoms with Gasteiger partial charge in [0, 0.05) is 76.5 Å². The average molecular weight is 1660 g/mol. The van der Waals surface area contributed by atoms with Crippen LogP contribution in [0.3, 0.4) is 0 Å². The first-order valence-corrected chi connectivity index (χ1v) is 43.7. The zero-order valence-corrected chi connectivity index (χ0v) is 69.7. The van der Waals surface area contributed by atoms with Crippen LogP contribution in [0.1, 0.15) is 0 Å². The second-order valence-electron chi connectivity index (χ2n) is 33.5. The Balaban J connectivity index is 0.000000137. The number of para-hydroxylation sites is 2. The Kier molecular flexibility index (Phi) is 17.1. The highest BCUT2D eigenvalue weighted by Crippen LogP contribution is 2.45. The molecular weight excluding hydrogens is 1590 g/mol. The third-order valence-electron chi connectivity index (χ3n) is 25.8. The molecule has 0 aliphatic heterocycles. The standard InChI is InChI=1S/C63H37N3O2.C57H33N3O2/c1-2-12-38(13-3-1)61-64-62(45-27-31-58-56(36-45)52-22-8-9-23-57(52)67-58)66-63(65-61)46-25-29-53-55-35-44(26-30-59(55)68-60(53)37-46)42-17-11-15-40(33-42)39-14-10-16-41(32-39)43-24-28-51-49-20-5-4-18-47(49)48-19-6-7-21-50(48)54(51)34-43;1-2-11-34(12-3-1)55-58-56(39-22-26-47-46-19-8-9-20-51(46)61-53(47)32-39)60-57(59-55)40-23-27-48-50-31-38(24-28-52(50)62-54(48)33-40)36-14-10-13-35(29-36)37-21-25-45-43-17-5-4-15-41(43)42-16-6-7-18-44(42)49(45)30-37/h1-37H;1-33H. The van der Waals surface area contributed by atoms with E-state index in [0.29, 0.717) is 34.9 Å². The molecule has 0 amide bonds. The molecule has 0 atom stereocenters. The number of rotatable bonds is 11.